The van der Waals surface area contributed by atoms with Crippen LogP contribution < -0.4 is 10.6 Å². The highest BCUT2D eigenvalue weighted by atomic mass is 32.2. The van der Waals surface area contributed by atoms with Crippen LogP contribution in [0.3, 0.4) is 0 Å². The van der Waals surface area contributed by atoms with E-state index in [9.17, 15) is 8.42 Å². The molecule has 1 aromatic heterocycles. The van der Waals surface area contributed by atoms with Crippen LogP contribution in [0.15, 0.2) is 23.2 Å². The summed E-state index contributed by atoms with van der Waals surface area (Å²) in [6, 6.07) is 3.25. The third-order valence-electron chi connectivity index (χ3n) is 3.53. The van der Waals surface area contributed by atoms with Gasteiger partial charge in [-0.25, -0.2) is 13.4 Å². The Morgan fingerprint density at radius 1 is 1.50 bits per heavy atom. The van der Waals surface area contributed by atoms with Gasteiger partial charge in [-0.2, -0.15) is 0 Å². The summed E-state index contributed by atoms with van der Waals surface area (Å²) in [5, 5.41) is 6.71. The summed E-state index contributed by atoms with van der Waals surface area (Å²) in [7, 11) is -1.50. The Labute approximate surface area is 119 Å². The van der Waals surface area contributed by atoms with Crippen LogP contribution in [0.4, 0.5) is 5.82 Å². The topological polar surface area (TPSA) is 80.3 Å². The van der Waals surface area contributed by atoms with E-state index in [4.69, 9.17) is 4.74 Å². The molecule has 0 saturated carbocycles. The molecule has 112 valence electrons. The van der Waals surface area contributed by atoms with Gasteiger partial charge in [-0.3, -0.25) is 0 Å². The van der Waals surface area contributed by atoms with E-state index in [1.807, 2.05) is 0 Å². The minimum absolute atomic E-state index is 0.0636. The summed E-state index contributed by atoms with van der Waals surface area (Å²) in [6.45, 7) is 2.33. The molecule has 1 saturated heterocycles. The van der Waals surface area contributed by atoms with Gasteiger partial charge in [0, 0.05) is 26.1 Å². The molecule has 20 heavy (non-hydrogen) atoms. The van der Waals surface area contributed by atoms with Crippen molar-refractivity contribution in [3.8, 4) is 0 Å². The lowest BCUT2D eigenvalue weighted by Crippen LogP contribution is -2.49. The molecular weight excluding hydrogens is 278 g/mol. The van der Waals surface area contributed by atoms with Gasteiger partial charge in [0.05, 0.1) is 17.0 Å². The van der Waals surface area contributed by atoms with E-state index in [0.29, 0.717) is 19.0 Å². The first kappa shape index (κ1) is 15.2. The fraction of sp³-hybridized carbons (Fsp3) is 0.615. The van der Waals surface area contributed by atoms with Gasteiger partial charge in [0.15, 0.2) is 9.84 Å². The van der Waals surface area contributed by atoms with Gasteiger partial charge in [-0.05, 0) is 31.5 Å². The monoisotopic (exact) mass is 299 g/mol. The molecule has 2 heterocycles. The van der Waals surface area contributed by atoms with Gasteiger partial charge < -0.3 is 15.4 Å². The number of aromatic nitrogens is 1. The first-order chi connectivity index (χ1) is 9.45. The fourth-order valence-electron chi connectivity index (χ4n) is 2.43. The summed E-state index contributed by atoms with van der Waals surface area (Å²) in [4.78, 5) is 4.37. The molecule has 1 aromatic rings. The second-order valence-electron chi connectivity index (χ2n) is 5.25. The van der Waals surface area contributed by atoms with Crippen molar-refractivity contribution in [3.05, 3.63) is 18.3 Å². The predicted molar refractivity (Wildman–Crippen MR) is 77.7 cm³/mol. The number of nitrogens with zero attached hydrogens (tertiary/aromatic N) is 1. The maximum Gasteiger partial charge on any atom is 0.177 e. The van der Waals surface area contributed by atoms with Crippen molar-refractivity contribution in [1.82, 2.24) is 10.3 Å². The molecule has 0 radical (unpaired) electrons. The lowest BCUT2D eigenvalue weighted by atomic mass is 9.99. The van der Waals surface area contributed by atoms with Crippen LogP contribution in [0.2, 0.25) is 0 Å². The predicted octanol–water partition coefficient (Wildman–Crippen LogP) is 0.666. The zero-order valence-corrected chi connectivity index (χ0v) is 12.7. The summed E-state index contributed by atoms with van der Waals surface area (Å²) >= 11 is 0. The van der Waals surface area contributed by atoms with Crippen LogP contribution >= 0.6 is 0 Å². The number of anilines is 1. The van der Waals surface area contributed by atoms with Crippen molar-refractivity contribution < 1.29 is 13.2 Å². The van der Waals surface area contributed by atoms with E-state index >= 15 is 0 Å². The van der Waals surface area contributed by atoms with Gasteiger partial charge in [0.1, 0.15) is 5.82 Å². The van der Waals surface area contributed by atoms with Gasteiger partial charge in [0.25, 0.3) is 0 Å². The standard InChI is InChI=1S/C13H21N3O3S/c1-19-10-13(6-3-7-16-13)9-15-12-5-4-11(8-14-12)20(2,17)18/h4-5,8,16H,3,6-7,9-10H2,1-2H3,(H,14,15). The number of rotatable bonds is 6. The highest BCUT2D eigenvalue weighted by molar-refractivity contribution is 7.90. The number of hydrogen-bond donors (Lipinski definition) is 2. The molecule has 0 amide bonds. The first-order valence-corrected chi connectivity index (χ1v) is 8.48. The van der Waals surface area contributed by atoms with E-state index in [1.54, 1.807) is 19.2 Å². The Hall–Kier alpha value is -1.18. The van der Waals surface area contributed by atoms with Gasteiger partial charge in [-0.15, -0.1) is 0 Å². The SMILES string of the molecule is COCC1(CNc2ccc(S(C)(=O)=O)cn2)CCCN1. The van der Waals surface area contributed by atoms with Crippen LogP contribution in [-0.2, 0) is 14.6 Å². The Bertz CT molecular complexity index is 536. The number of ether oxygens (including phenoxy) is 1. The minimum Gasteiger partial charge on any atom is -0.383 e. The molecule has 1 fully saturated rings. The molecule has 1 aliphatic heterocycles. The second-order valence-corrected chi connectivity index (χ2v) is 7.26. The first-order valence-electron chi connectivity index (χ1n) is 6.59. The Morgan fingerprint density at radius 3 is 2.80 bits per heavy atom. The smallest absolute Gasteiger partial charge is 0.177 e. The van der Waals surface area contributed by atoms with E-state index in [1.165, 1.54) is 12.5 Å². The second kappa shape index (κ2) is 6.07. The Morgan fingerprint density at radius 2 is 2.30 bits per heavy atom. The molecule has 0 spiro atoms. The van der Waals surface area contributed by atoms with E-state index in [2.05, 4.69) is 15.6 Å². The van der Waals surface area contributed by atoms with Crippen molar-refractivity contribution in [2.45, 2.75) is 23.3 Å². The highest BCUT2D eigenvalue weighted by Crippen LogP contribution is 2.20. The van der Waals surface area contributed by atoms with E-state index in [-0.39, 0.29) is 10.4 Å². The average Bonchev–Trinajstić information content (AvgIpc) is 2.85. The average molecular weight is 299 g/mol. The molecule has 1 aliphatic rings. The van der Waals surface area contributed by atoms with Crippen molar-refractivity contribution in [1.29, 1.82) is 0 Å². The number of sulfone groups is 1. The number of nitrogens with one attached hydrogen (secondary N) is 2. The molecule has 7 heteroatoms. The molecule has 0 aromatic carbocycles. The summed E-state index contributed by atoms with van der Waals surface area (Å²) in [5.41, 5.74) is -0.0636. The van der Waals surface area contributed by atoms with E-state index < -0.39 is 9.84 Å². The van der Waals surface area contributed by atoms with Crippen LogP contribution in [-0.4, -0.2) is 52.0 Å². The summed E-state index contributed by atoms with van der Waals surface area (Å²) in [5.74, 6) is 0.668. The van der Waals surface area contributed by atoms with Gasteiger partial charge >= 0.3 is 0 Å². The maximum atomic E-state index is 11.4. The zero-order chi connectivity index (χ0) is 14.6. The largest absolute Gasteiger partial charge is 0.383 e. The molecular formula is C13H21N3O3S. The highest BCUT2D eigenvalue weighted by Gasteiger charge is 2.33. The summed E-state index contributed by atoms with van der Waals surface area (Å²) in [6.07, 6.45) is 4.73. The number of pyridine rings is 1. The molecule has 2 N–H and O–H groups in total. The van der Waals surface area contributed by atoms with Gasteiger partial charge in [0.2, 0.25) is 0 Å². The molecule has 6 nitrogen and oxygen atoms in total. The molecule has 0 bridgehead atoms. The third kappa shape index (κ3) is 3.68. The Kier molecular flexibility index (Phi) is 4.62. The third-order valence-corrected chi connectivity index (χ3v) is 4.62. The van der Waals surface area contributed by atoms with E-state index in [0.717, 1.165) is 19.4 Å². The fourth-order valence-corrected chi connectivity index (χ4v) is 2.99. The van der Waals surface area contributed by atoms with Crippen molar-refractivity contribution in [3.63, 3.8) is 0 Å². The summed E-state index contributed by atoms with van der Waals surface area (Å²) < 4.78 is 28.0. The number of hydrogen-bond acceptors (Lipinski definition) is 6. The van der Waals surface area contributed by atoms with Crippen LogP contribution in [0, 0.1) is 0 Å². The quantitative estimate of drug-likeness (QED) is 0.803. The number of methoxy groups -OCH3 is 1. The molecule has 1 atom stereocenters. The van der Waals surface area contributed by atoms with Crippen LogP contribution in [0.25, 0.3) is 0 Å². The normalized spacial score (nSPS) is 22.9. The molecule has 1 unspecified atom stereocenters. The Balaban J connectivity index is 2.00. The lowest BCUT2D eigenvalue weighted by Gasteiger charge is -2.29. The van der Waals surface area contributed by atoms with Crippen LogP contribution in [0.5, 0.6) is 0 Å². The van der Waals surface area contributed by atoms with Crippen molar-refractivity contribution in [2.24, 2.45) is 0 Å². The molecule has 2 rings (SSSR count). The van der Waals surface area contributed by atoms with Gasteiger partial charge in [-0.1, -0.05) is 0 Å². The lowest BCUT2D eigenvalue weighted by molar-refractivity contribution is 0.127. The van der Waals surface area contributed by atoms with Crippen LogP contribution in [0.1, 0.15) is 12.8 Å². The van der Waals surface area contributed by atoms with Crippen molar-refractivity contribution in [2.75, 3.05) is 38.4 Å². The zero-order valence-electron chi connectivity index (χ0n) is 11.8. The minimum atomic E-state index is -3.19. The maximum absolute atomic E-state index is 11.4. The molecule has 0 aliphatic carbocycles. The van der Waals surface area contributed by atoms with Crippen molar-refractivity contribution >= 4 is 15.7 Å².